The van der Waals surface area contributed by atoms with Crippen molar-refractivity contribution in [2.75, 3.05) is 13.1 Å². The molecule has 0 aromatic heterocycles. The Labute approximate surface area is 111 Å². The standard InChI is InChI=1S/C13H19N3O3/c14-5-2-6-16-12(17)10-4-1-3-9(7-10)8-11(15)13(18)19/h1,3-4,7,11H,2,5-6,8,14-15H2,(H,16,17)(H,18,19)/t11-/m0/s1. The van der Waals surface area contributed by atoms with E-state index in [0.29, 0.717) is 18.7 Å². The fourth-order valence-electron chi connectivity index (χ4n) is 1.59. The fraction of sp³-hybridized carbons (Fsp3) is 0.385. The van der Waals surface area contributed by atoms with Gasteiger partial charge in [0.2, 0.25) is 0 Å². The van der Waals surface area contributed by atoms with Crippen molar-refractivity contribution in [3.8, 4) is 0 Å². The summed E-state index contributed by atoms with van der Waals surface area (Å²) in [5.74, 6) is -1.25. The number of carboxylic acids is 1. The maximum Gasteiger partial charge on any atom is 0.320 e. The molecule has 0 spiro atoms. The van der Waals surface area contributed by atoms with Crippen LogP contribution < -0.4 is 16.8 Å². The zero-order valence-corrected chi connectivity index (χ0v) is 10.6. The highest BCUT2D eigenvalue weighted by Gasteiger charge is 2.13. The van der Waals surface area contributed by atoms with E-state index in [1.807, 2.05) is 0 Å². The van der Waals surface area contributed by atoms with Crippen molar-refractivity contribution in [2.24, 2.45) is 11.5 Å². The summed E-state index contributed by atoms with van der Waals surface area (Å²) in [7, 11) is 0. The number of carbonyl (C=O) groups is 2. The van der Waals surface area contributed by atoms with E-state index in [-0.39, 0.29) is 12.3 Å². The summed E-state index contributed by atoms with van der Waals surface area (Å²) in [5, 5.41) is 11.5. The second-order valence-electron chi connectivity index (χ2n) is 4.25. The van der Waals surface area contributed by atoms with Gasteiger partial charge in [0.1, 0.15) is 6.04 Å². The molecule has 6 nitrogen and oxygen atoms in total. The lowest BCUT2D eigenvalue weighted by Crippen LogP contribution is -2.32. The van der Waals surface area contributed by atoms with Gasteiger partial charge in [-0.05, 0) is 37.1 Å². The van der Waals surface area contributed by atoms with E-state index >= 15 is 0 Å². The SMILES string of the molecule is NCCCNC(=O)c1cccc(C[C@H](N)C(=O)O)c1. The van der Waals surface area contributed by atoms with Crippen LogP contribution in [0.25, 0.3) is 0 Å². The van der Waals surface area contributed by atoms with E-state index < -0.39 is 12.0 Å². The minimum Gasteiger partial charge on any atom is -0.480 e. The van der Waals surface area contributed by atoms with Crippen LogP contribution in [0.5, 0.6) is 0 Å². The Bertz CT molecular complexity index is 449. The van der Waals surface area contributed by atoms with Crippen molar-refractivity contribution in [2.45, 2.75) is 18.9 Å². The highest BCUT2D eigenvalue weighted by Crippen LogP contribution is 2.07. The molecule has 0 saturated carbocycles. The highest BCUT2D eigenvalue weighted by molar-refractivity contribution is 5.94. The molecule has 1 aromatic carbocycles. The number of amides is 1. The molecule has 1 aromatic rings. The first kappa shape index (κ1) is 15.1. The van der Waals surface area contributed by atoms with Crippen molar-refractivity contribution < 1.29 is 14.7 Å². The van der Waals surface area contributed by atoms with Gasteiger partial charge in [0.05, 0.1) is 0 Å². The number of benzene rings is 1. The molecular formula is C13H19N3O3. The van der Waals surface area contributed by atoms with E-state index in [9.17, 15) is 9.59 Å². The third-order valence-electron chi connectivity index (χ3n) is 2.63. The molecule has 0 saturated heterocycles. The summed E-state index contributed by atoms with van der Waals surface area (Å²) >= 11 is 0. The molecule has 0 aliphatic heterocycles. The van der Waals surface area contributed by atoms with E-state index in [0.717, 1.165) is 12.0 Å². The van der Waals surface area contributed by atoms with Gasteiger partial charge in [0.15, 0.2) is 0 Å². The second kappa shape index (κ2) is 7.50. The fourth-order valence-corrected chi connectivity index (χ4v) is 1.59. The van der Waals surface area contributed by atoms with Gasteiger partial charge in [-0.1, -0.05) is 12.1 Å². The zero-order chi connectivity index (χ0) is 14.3. The largest absolute Gasteiger partial charge is 0.480 e. The van der Waals surface area contributed by atoms with Gasteiger partial charge in [-0.2, -0.15) is 0 Å². The highest BCUT2D eigenvalue weighted by atomic mass is 16.4. The van der Waals surface area contributed by atoms with E-state index in [1.165, 1.54) is 0 Å². The van der Waals surface area contributed by atoms with Gasteiger partial charge in [0.25, 0.3) is 5.91 Å². The van der Waals surface area contributed by atoms with Crippen molar-refractivity contribution in [3.05, 3.63) is 35.4 Å². The van der Waals surface area contributed by atoms with Crippen LogP contribution in [0, 0.1) is 0 Å². The van der Waals surface area contributed by atoms with Crippen LogP contribution in [0.15, 0.2) is 24.3 Å². The topological polar surface area (TPSA) is 118 Å². The number of aliphatic carboxylic acids is 1. The monoisotopic (exact) mass is 265 g/mol. The molecule has 1 rings (SSSR count). The smallest absolute Gasteiger partial charge is 0.320 e. The lowest BCUT2D eigenvalue weighted by molar-refractivity contribution is -0.138. The maximum atomic E-state index is 11.8. The molecule has 104 valence electrons. The average Bonchev–Trinajstić information content (AvgIpc) is 2.39. The minimum absolute atomic E-state index is 0.194. The predicted octanol–water partition coefficient (Wildman–Crippen LogP) is -0.280. The van der Waals surface area contributed by atoms with Crippen LogP contribution >= 0.6 is 0 Å². The lowest BCUT2D eigenvalue weighted by atomic mass is 10.0. The molecule has 0 fully saturated rings. The Hall–Kier alpha value is -1.92. The van der Waals surface area contributed by atoms with E-state index in [2.05, 4.69) is 5.32 Å². The normalized spacial score (nSPS) is 11.9. The molecule has 0 heterocycles. The Morgan fingerprint density at radius 2 is 2.11 bits per heavy atom. The number of hydrogen-bond donors (Lipinski definition) is 4. The van der Waals surface area contributed by atoms with Crippen molar-refractivity contribution in [3.63, 3.8) is 0 Å². The summed E-state index contributed by atoms with van der Waals surface area (Å²) in [6, 6.07) is 5.82. The first-order valence-electron chi connectivity index (χ1n) is 6.10. The molecular weight excluding hydrogens is 246 g/mol. The number of carbonyl (C=O) groups excluding carboxylic acids is 1. The van der Waals surface area contributed by atoms with Crippen molar-refractivity contribution in [1.82, 2.24) is 5.32 Å². The number of rotatable bonds is 7. The van der Waals surface area contributed by atoms with Gasteiger partial charge in [0, 0.05) is 12.1 Å². The first-order chi connectivity index (χ1) is 9.04. The molecule has 0 bridgehead atoms. The minimum atomic E-state index is -1.06. The Morgan fingerprint density at radius 3 is 2.74 bits per heavy atom. The van der Waals surface area contributed by atoms with Crippen molar-refractivity contribution >= 4 is 11.9 Å². The number of nitrogens with two attached hydrogens (primary N) is 2. The van der Waals surface area contributed by atoms with Crippen LogP contribution in [0.1, 0.15) is 22.3 Å². The summed E-state index contributed by atoms with van der Waals surface area (Å²) < 4.78 is 0. The molecule has 0 radical (unpaired) electrons. The average molecular weight is 265 g/mol. The first-order valence-corrected chi connectivity index (χ1v) is 6.10. The predicted molar refractivity (Wildman–Crippen MR) is 71.8 cm³/mol. The van der Waals surface area contributed by atoms with Crippen LogP contribution in [0.2, 0.25) is 0 Å². The zero-order valence-electron chi connectivity index (χ0n) is 10.6. The second-order valence-corrected chi connectivity index (χ2v) is 4.25. The molecule has 0 aliphatic rings. The lowest BCUT2D eigenvalue weighted by Gasteiger charge is -2.08. The summed E-state index contributed by atoms with van der Waals surface area (Å²) in [6.45, 7) is 1.04. The molecule has 19 heavy (non-hydrogen) atoms. The molecule has 1 amide bonds. The number of nitrogens with one attached hydrogen (secondary N) is 1. The van der Waals surface area contributed by atoms with Crippen LogP contribution in [0.3, 0.4) is 0 Å². The Kier molecular flexibility index (Phi) is 5.98. The quantitative estimate of drug-likeness (QED) is 0.506. The number of hydrogen-bond acceptors (Lipinski definition) is 4. The molecule has 6 heteroatoms. The molecule has 6 N–H and O–H groups in total. The van der Waals surface area contributed by atoms with Gasteiger partial charge >= 0.3 is 5.97 Å². The van der Waals surface area contributed by atoms with Gasteiger partial charge in [-0.15, -0.1) is 0 Å². The van der Waals surface area contributed by atoms with Gasteiger partial charge in [-0.25, -0.2) is 0 Å². The number of carboxylic acid groups (broad SMARTS) is 1. The Balaban J connectivity index is 2.66. The third-order valence-corrected chi connectivity index (χ3v) is 2.63. The van der Waals surface area contributed by atoms with Gasteiger partial charge < -0.3 is 21.9 Å². The van der Waals surface area contributed by atoms with Gasteiger partial charge in [-0.3, -0.25) is 9.59 Å². The van der Waals surface area contributed by atoms with Crippen LogP contribution in [0.4, 0.5) is 0 Å². The van der Waals surface area contributed by atoms with Crippen LogP contribution in [-0.4, -0.2) is 36.1 Å². The van der Waals surface area contributed by atoms with Crippen molar-refractivity contribution in [1.29, 1.82) is 0 Å². The van der Waals surface area contributed by atoms with Crippen LogP contribution in [-0.2, 0) is 11.2 Å². The third kappa shape index (κ3) is 5.07. The Morgan fingerprint density at radius 1 is 1.37 bits per heavy atom. The molecule has 1 atom stereocenters. The van der Waals surface area contributed by atoms with E-state index in [1.54, 1.807) is 24.3 Å². The molecule has 0 aliphatic carbocycles. The molecule has 0 unspecified atom stereocenters. The van der Waals surface area contributed by atoms with E-state index in [4.69, 9.17) is 16.6 Å². The summed E-state index contributed by atoms with van der Waals surface area (Å²) in [6.07, 6.45) is 0.911. The maximum absolute atomic E-state index is 11.8. The summed E-state index contributed by atoms with van der Waals surface area (Å²) in [4.78, 5) is 22.5. The summed E-state index contributed by atoms with van der Waals surface area (Å²) in [5.41, 5.74) is 12.0.